The largest absolute Gasteiger partial charge is 0.396 e. The van der Waals surface area contributed by atoms with Gasteiger partial charge in [-0.15, -0.1) is 0 Å². The van der Waals surface area contributed by atoms with Gasteiger partial charge in [-0.05, 0) is 24.7 Å². The maximum atomic E-state index is 9.56. The molecule has 0 unspecified atom stereocenters. The Morgan fingerprint density at radius 2 is 1.29 bits per heavy atom. The smallest absolute Gasteiger partial charge is 0.0487 e. The summed E-state index contributed by atoms with van der Waals surface area (Å²) in [5.41, 5.74) is 0.251. The second kappa shape index (κ2) is 8.28. The van der Waals surface area contributed by atoms with Gasteiger partial charge in [0.05, 0.1) is 0 Å². The minimum absolute atomic E-state index is 0.251. The third-order valence-electron chi connectivity index (χ3n) is 3.24. The molecule has 0 aliphatic heterocycles. The van der Waals surface area contributed by atoms with Crippen LogP contribution in [-0.2, 0) is 0 Å². The zero-order valence-corrected chi connectivity index (χ0v) is 10.3. The van der Waals surface area contributed by atoms with Gasteiger partial charge in [0.15, 0.2) is 0 Å². The summed E-state index contributed by atoms with van der Waals surface area (Å²) in [5, 5.41) is 9.56. The molecule has 0 aliphatic rings. The van der Waals surface area contributed by atoms with Gasteiger partial charge in [-0.1, -0.05) is 52.9 Å². The molecule has 0 atom stereocenters. The maximum absolute atomic E-state index is 9.56. The lowest BCUT2D eigenvalue weighted by Gasteiger charge is -2.31. The first-order chi connectivity index (χ1) is 6.74. The summed E-state index contributed by atoms with van der Waals surface area (Å²) in [6, 6.07) is 0. The zero-order valence-electron chi connectivity index (χ0n) is 10.3. The van der Waals surface area contributed by atoms with Crippen LogP contribution in [0.1, 0.15) is 72.1 Å². The highest BCUT2D eigenvalue weighted by Crippen LogP contribution is 2.35. The fourth-order valence-corrected chi connectivity index (χ4v) is 2.25. The number of aliphatic hydroxyl groups is 1. The summed E-state index contributed by atoms with van der Waals surface area (Å²) in [5.74, 6) is 0. The van der Waals surface area contributed by atoms with Crippen molar-refractivity contribution in [1.29, 1.82) is 0 Å². The highest BCUT2D eigenvalue weighted by Gasteiger charge is 2.26. The van der Waals surface area contributed by atoms with Gasteiger partial charge >= 0.3 is 0 Å². The zero-order chi connectivity index (χ0) is 10.9. The Hall–Kier alpha value is -0.0400. The molecule has 0 bridgehead atoms. The predicted octanol–water partition coefficient (Wildman–Crippen LogP) is 4.15. The molecule has 0 rings (SSSR count). The number of aliphatic hydroxyl groups excluding tert-OH is 1. The first-order valence-electron chi connectivity index (χ1n) is 6.35. The molecule has 0 fully saturated rings. The van der Waals surface area contributed by atoms with Gasteiger partial charge in [-0.2, -0.15) is 0 Å². The first-order valence-corrected chi connectivity index (χ1v) is 6.35. The minimum Gasteiger partial charge on any atom is -0.396 e. The molecule has 0 saturated heterocycles. The summed E-state index contributed by atoms with van der Waals surface area (Å²) < 4.78 is 0. The topological polar surface area (TPSA) is 20.2 Å². The molecular weight excluding hydrogens is 172 g/mol. The van der Waals surface area contributed by atoms with Crippen LogP contribution < -0.4 is 0 Å². The van der Waals surface area contributed by atoms with Gasteiger partial charge < -0.3 is 5.11 Å². The molecule has 0 amide bonds. The van der Waals surface area contributed by atoms with Crippen molar-refractivity contribution in [1.82, 2.24) is 0 Å². The summed E-state index contributed by atoms with van der Waals surface area (Å²) >= 11 is 0. The maximum Gasteiger partial charge on any atom is 0.0487 e. The Bertz CT molecular complexity index is 112. The van der Waals surface area contributed by atoms with Crippen molar-refractivity contribution in [3.8, 4) is 0 Å². The van der Waals surface area contributed by atoms with E-state index in [0.29, 0.717) is 6.61 Å². The van der Waals surface area contributed by atoms with Crippen molar-refractivity contribution in [3.05, 3.63) is 0 Å². The summed E-state index contributed by atoms with van der Waals surface area (Å²) in [6.45, 7) is 7.07. The fourth-order valence-electron chi connectivity index (χ4n) is 2.25. The quantitative estimate of drug-likeness (QED) is 0.593. The van der Waals surface area contributed by atoms with Crippen LogP contribution in [0.5, 0.6) is 0 Å². The van der Waals surface area contributed by atoms with E-state index >= 15 is 0 Å². The standard InChI is InChI=1S/C13H28O/c1-4-7-10-13(12-14,9-6-3)11-8-5-2/h14H,4-12H2,1-3H3. The van der Waals surface area contributed by atoms with Gasteiger partial charge in [0.25, 0.3) is 0 Å². The molecule has 86 valence electrons. The minimum atomic E-state index is 0.251. The van der Waals surface area contributed by atoms with E-state index in [9.17, 15) is 5.11 Å². The van der Waals surface area contributed by atoms with E-state index < -0.39 is 0 Å². The van der Waals surface area contributed by atoms with E-state index in [1.807, 2.05) is 0 Å². The molecule has 0 radical (unpaired) electrons. The molecule has 0 aliphatic carbocycles. The number of hydrogen-bond acceptors (Lipinski definition) is 1. The van der Waals surface area contributed by atoms with Gasteiger partial charge in [-0.25, -0.2) is 0 Å². The summed E-state index contributed by atoms with van der Waals surface area (Å²) in [7, 11) is 0. The second-order valence-corrected chi connectivity index (χ2v) is 4.62. The van der Waals surface area contributed by atoms with Crippen molar-refractivity contribution in [2.24, 2.45) is 5.41 Å². The average Bonchev–Trinajstić information content (AvgIpc) is 2.22. The Labute approximate surface area is 89.9 Å². The van der Waals surface area contributed by atoms with Gasteiger partial charge in [0, 0.05) is 6.61 Å². The van der Waals surface area contributed by atoms with Crippen LogP contribution in [0.15, 0.2) is 0 Å². The Morgan fingerprint density at radius 1 is 0.786 bits per heavy atom. The molecule has 0 aromatic carbocycles. The van der Waals surface area contributed by atoms with Crippen LogP contribution in [0, 0.1) is 5.41 Å². The Morgan fingerprint density at radius 3 is 1.57 bits per heavy atom. The average molecular weight is 200 g/mol. The van der Waals surface area contributed by atoms with E-state index in [2.05, 4.69) is 20.8 Å². The molecule has 1 heteroatoms. The van der Waals surface area contributed by atoms with Crippen LogP contribution in [0.25, 0.3) is 0 Å². The summed E-state index contributed by atoms with van der Waals surface area (Å²) in [6.07, 6.45) is 9.86. The van der Waals surface area contributed by atoms with Crippen LogP contribution in [0.2, 0.25) is 0 Å². The lowest BCUT2D eigenvalue weighted by molar-refractivity contribution is 0.0891. The van der Waals surface area contributed by atoms with Gasteiger partial charge in [-0.3, -0.25) is 0 Å². The molecule has 14 heavy (non-hydrogen) atoms. The molecule has 0 aromatic rings. The van der Waals surface area contributed by atoms with E-state index in [-0.39, 0.29) is 5.41 Å². The van der Waals surface area contributed by atoms with Crippen molar-refractivity contribution in [3.63, 3.8) is 0 Å². The van der Waals surface area contributed by atoms with Gasteiger partial charge in [0.2, 0.25) is 0 Å². The van der Waals surface area contributed by atoms with Crippen molar-refractivity contribution < 1.29 is 5.11 Å². The van der Waals surface area contributed by atoms with Crippen LogP contribution in [0.4, 0.5) is 0 Å². The predicted molar refractivity (Wildman–Crippen MR) is 63.5 cm³/mol. The van der Waals surface area contributed by atoms with Crippen molar-refractivity contribution in [2.75, 3.05) is 6.61 Å². The van der Waals surface area contributed by atoms with Crippen molar-refractivity contribution in [2.45, 2.75) is 72.1 Å². The monoisotopic (exact) mass is 200 g/mol. The molecule has 1 nitrogen and oxygen atoms in total. The SMILES string of the molecule is CCCCC(CO)(CCC)CCCC. The number of hydrogen-bond donors (Lipinski definition) is 1. The fraction of sp³-hybridized carbons (Fsp3) is 1.00. The van der Waals surface area contributed by atoms with Crippen LogP contribution in [-0.4, -0.2) is 11.7 Å². The van der Waals surface area contributed by atoms with Crippen LogP contribution in [0.3, 0.4) is 0 Å². The lowest BCUT2D eigenvalue weighted by Crippen LogP contribution is -2.25. The molecule has 1 N–H and O–H groups in total. The highest BCUT2D eigenvalue weighted by atomic mass is 16.3. The van der Waals surface area contributed by atoms with Crippen molar-refractivity contribution >= 4 is 0 Å². The second-order valence-electron chi connectivity index (χ2n) is 4.62. The number of unbranched alkanes of at least 4 members (excludes halogenated alkanes) is 2. The first kappa shape index (κ1) is 14.0. The van der Waals surface area contributed by atoms with E-state index in [1.165, 1.54) is 51.4 Å². The normalized spacial score (nSPS) is 12.0. The molecule has 0 saturated carbocycles. The van der Waals surface area contributed by atoms with Crippen LogP contribution >= 0.6 is 0 Å². The lowest BCUT2D eigenvalue weighted by atomic mass is 9.75. The van der Waals surface area contributed by atoms with E-state index in [0.717, 1.165) is 0 Å². The van der Waals surface area contributed by atoms with E-state index in [4.69, 9.17) is 0 Å². The summed E-state index contributed by atoms with van der Waals surface area (Å²) in [4.78, 5) is 0. The Kier molecular flexibility index (Phi) is 8.26. The molecule has 0 spiro atoms. The van der Waals surface area contributed by atoms with Gasteiger partial charge in [0.1, 0.15) is 0 Å². The Balaban J connectivity index is 4.11. The highest BCUT2D eigenvalue weighted by molar-refractivity contribution is 4.78. The van der Waals surface area contributed by atoms with E-state index in [1.54, 1.807) is 0 Å². The molecule has 0 aromatic heterocycles. The molecular formula is C13H28O. The molecule has 0 heterocycles. The third-order valence-corrected chi connectivity index (χ3v) is 3.24. The number of rotatable bonds is 9. The third kappa shape index (κ3) is 4.99.